The van der Waals surface area contributed by atoms with Gasteiger partial charge in [-0.25, -0.2) is 18.3 Å². The van der Waals surface area contributed by atoms with Gasteiger partial charge in [0.15, 0.2) is 0 Å². The molecule has 0 aliphatic heterocycles. The summed E-state index contributed by atoms with van der Waals surface area (Å²) in [4.78, 5) is 0. The van der Waals surface area contributed by atoms with Crippen LogP contribution in [-0.2, 0) is 27.2 Å². The molecule has 4 aromatic rings. The molecule has 130 valence electrons. The molecule has 4 nitrogen and oxygen atoms in total. The number of hydrogen-bond donors (Lipinski definition) is 0. The summed E-state index contributed by atoms with van der Waals surface area (Å²) in [7, 11) is 4.08. The van der Waals surface area contributed by atoms with E-state index >= 15 is 0 Å². The van der Waals surface area contributed by atoms with Crippen LogP contribution in [0.3, 0.4) is 0 Å². The molecule has 0 saturated carbocycles. The Morgan fingerprint density at radius 3 is 1.31 bits per heavy atom. The molecule has 0 radical (unpaired) electrons. The molecule has 0 atom stereocenters. The molecular formula is C22H24N4+2. The zero-order chi connectivity index (χ0) is 17.9. The number of benzene rings is 2. The molecule has 2 aromatic heterocycles. The van der Waals surface area contributed by atoms with Crippen LogP contribution in [0.2, 0.25) is 0 Å². The summed E-state index contributed by atoms with van der Waals surface area (Å²) in [5, 5.41) is 0. The zero-order valence-electron chi connectivity index (χ0n) is 15.3. The van der Waals surface area contributed by atoms with E-state index in [2.05, 4.69) is 104 Å². The highest BCUT2D eigenvalue weighted by Crippen LogP contribution is 2.21. The molecule has 0 fully saturated rings. The predicted molar refractivity (Wildman–Crippen MR) is 101 cm³/mol. The Hall–Kier alpha value is -3.14. The molecule has 0 aliphatic rings. The van der Waals surface area contributed by atoms with Crippen molar-refractivity contribution in [3.05, 3.63) is 97.1 Å². The maximum Gasteiger partial charge on any atom is 0.243 e. The second kappa shape index (κ2) is 7.00. The minimum atomic E-state index is 0.897. The summed E-state index contributed by atoms with van der Waals surface area (Å²) < 4.78 is 8.49. The van der Waals surface area contributed by atoms with E-state index in [0.29, 0.717) is 0 Å². The largest absolute Gasteiger partial charge is 0.243 e. The van der Waals surface area contributed by atoms with Crippen molar-refractivity contribution < 1.29 is 9.13 Å². The normalized spacial score (nSPS) is 11.0. The SMILES string of the molecule is C[n+]1ccn(Cc2ccc(-c3ccc(Cn4cc[n+](C)c4)cc3)cc2)c1. The highest BCUT2D eigenvalue weighted by Gasteiger charge is 2.05. The number of aromatic nitrogens is 4. The fourth-order valence-corrected chi connectivity index (χ4v) is 3.22. The molecule has 2 heterocycles. The zero-order valence-corrected chi connectivity index (χ0v) is 15.3. The predicted octanol–water partition coefficient (Wildman–Crippen LogP) is 2.70. The second-order valence-corrected chi connectivity index (χ2v) is 6.90. The van der Waals surface area contributed by atoms with Crippen molar-refractivity contribution >= 4 is 0 Å². The second-order valence-electron chi connectivity index (χ2n) is 6.90. The fourth-order valence-electron chi connectivity index (χ4n) is 3.22. The van der Waals surface area contributed by atoms with Crippen LogP contribution in [0.25, 0.3) is 11.1 Å². The average molecular weight is 344 g/mol. The standard InChI is InChI=1S/C22H24N4/c1-23-11-13-25(17-23)15-19-3-7-21(8-4-19)22-9-5-20(6-10-22)16-26-14-12-24(2)18-26/h3-14,17-18H,15-16H2,1-2H3/q+2. The summed E-state index contributed by atoms with van der Waals surface area (Å²) in [6.45, 7) is 1.79. The molecular weight excluding hydrogens is 320 g/mol. The van der Waals surface area contributed by atoms with Crippen LogP contribution in [0.4, 0.5) is 0 Å². The average Bonchev–Trinajstić information content (AvgIpc) is 3.24. The van der Waals surface area contributed by atoms with Crippen LogP contribution in [-0.4, -0.2) is 9.13 Å². The lowest BCUT2D eigenvalue weighted by Crippen LogP contribution is -2.23. The van der Waals surface area contributed by atoms with E-state index in [1.54, 1.807) is 0 Å². The summed E-state index contributed by atoms with van der Waals surface area (Å²) in [6, 6.07) is 17.7. The molecule has 0 aliphatic carbocycles. The summed E-state index contributed by atoms with van der Waals surface area (Å²) in [5.74, 6) is 0. The maximum absolute atomic E-state index is 2.21. The number of aryl methyl sites for hydroxylation is 2. The number of hydrogen-bond acceptors (Lipinski definition) is 0. The van der Waals surface area contributed by atoms with Gasteiger partial charge in [0.2, 0.25) is 12.7 Å². The highest BCUT2D eigenvalue weighted by molar-refractivity contribution is 5.64. The molecule has 0 saturated heterocycles. The summed E-state index contributed by atoms with van der Waals surface area (Å²) in [6.07, 6.45) is 12.5. The smallest absolute Gasteiger partial charge is 0.240 e. The van der Waals surface area contributed by atoms with Gasteiger partial charge in [-0.1, -0.05) is 48.5 Å². The molecule has 0 bridgehead atoms. The topological polar surface area (TPSA) is 17.6 Å². The van der Waals surface area contributed by atoms with Gasteiger partial charge in [-0.15, -0.1) is 0 Å². The molecule has 4 rings (SSSR count). The van der Waals surface area contributed by atoms with Crippen molar-refractivity contribution in [2.75, 3.05) is 0 Å². The van der Waals surface area contributed by atoms with Gasteiger partial charge in [0.05, 0.1) is 14.1 Å². The molecule has 2 aromatic carbocycles. The molecule has 0 amide bonds. The van der Waals surface area contributed by atoms with E-state index in [0.717, 1.165) is 13.1 Å². The van der Waals surface area contributed by atoms with E-state index in [9.17, 15) is 0 Å². The van der Waals surface area contributed by atoms with Crippen molar-refractivity contribution in [1.82, 2.24) is 9.13 Å². The Morgan fingerprint density at radius 1 is 0.615 bits per heavy atom. The van der Waals surface area contributed by atoms with Crippen LogP contribution in [0.15, 0.2) is 86.0 Å². The minimum Gasteiger partial charge on any atom is -0.240 e. The lowest BCUT2D eigenvalue weighted by Gasteiger charge is -2.05. The minimum absolute atomic E-state index is 0.897. The first-order valence-corrected chi connectivity index (χ1v) is 8.86. The summed E-state index contributed by atoms with van der Waals surface area (Å²) in [5.41, 5.74) is 5.13. The third-order valence-electron chi connectivity index (χ3n) is 4.62. The van der Waals surface area contributed by atoms with Crippen molar-refractivity contribution in [3.8, 4) is 11.1 Å². The van der Waals surface area contributed by atoms with Gasteiger partial charge in [-0.2, -0.15) is 0 Å². The summed E-state index contributed by atoms with van der Waals surface area (Å²) >= 11 is 0. The van der Waals surface area contributed by atoms with Crippen LogP contribution in [0.5, 0.6) is 0 Å². The Kier molecular flexibility index (Phi) is 4.40. The Labute approximate surface area is 154 Å². The van der Waals surface area contributed by atoms with E-state index < -0.39 is 0 Å². The Morgan fingerprint density at radius 2 is 1.00 bits per heavy atom. The van der Waals surface area contributed by atoms with Crippen LogP contribution in [0, 0.1) is 0 Å². The van der Waals surface area contributed by atoms with Gasteiger partial charge in [-0.3, -0.25) is 0 Å². The van der Waals surface area contributed by atoms with Crippen molar-refractivity contribution in [3.63, 3.8) is 0 Å². The van der Waals surface area contributed by atoms with Crippen molar-refractivity contribution in [1.29, 1.82) is 0 Å². The molecule has 26 heavy (non-hydrogen) atoms. The van der Waals surface area contributed by atoms with E-state index in [4.69, 9.17) is 0 Å². The van der Waals surface area contributed by atoms with Gasteiger partial charge in [0.25, 0.3) is 0 Å². The molecule has 0 unspecified atom stereocenters. The van der Waals surface area contributed by atoms with Crippen molar-refractivity contribution in [2.45, 2.75) is 13.1 Å². The van der Waals surface area contributed by atoms with Crippen LogP contribution >= 0.6 is 0 Å². The number of nitrogens with zero attached hydrogens (tertiary/aromatic N) is 4. The first kappa shape index (κ1) is 16.3. The van der Waals surface area contributed by atoms with Gasteiger partial charge in [0.1, 0.15) is 37.9 Å². The maximum atomic E-state index is 2.21. The lowest BCUT2D eigenvalue weighted by molar-refractivity contribution is -0.671. The lowest BCUT2D eigenvalue weighted by atomic mass is 10.0. The quantitative estimate of drug-likeness (QED) is 0.496. The van der Waals surface area contributed by atoms with Gasteiger partial charge in [0, 0.05) is 0 Å². The highest BCUT2D eigenvalue weighted by atomic mass is 15.1. The monoisotopic (exact) mass is 344 g/mol. The first-order valence-electron chi connectivity index (χ1n) is 8.86. The molecule has 0 N–H and O–H groups in total. The fraction of sp³-hybridized carbons (Fsp3) is 0.182. The van der Waals surface area contributed by atoms with Gasteiger partial charge >= 0.3 is 0 Å². The molecule has 4 heteroatoms. The number of imidazole rings is 2. The first-order chi connectivity index (χ1) is 12.7. The van der Waals surface area contributed by atoms with E-state index in [1.165, 1.54) is 22.3 Å². The Bertz CT molecular complexity index is 908. The van der Waals surface area contributed by atoms with E-state index in [1.807, 2.05) is 14.1 Å². The Balaban J connectivity index is 1.45. The van der Waals surface area contributed by atoms with Crippen LogP contribution in [0.1, 0.15) is 11.1 Å². The third-order valence-corrected chi connectivity index (χ3v) is 4.62. The van der Waals surface area contributed by atoms with Crippen LogP contribution < -0.4 is 9.13 Å². The van der Waals surface area contributed by atoms with Gasteiger partial charge in [-0.05, 0) is 22.3 Å². The van der Waals surface area contributed by atoms with Gasteiger partial charge < -0.3 is 0 Å². The van der Waals surface area contributed by atoms with Crippen molar-refractivity contribution in [2.24, 2.45) is 14.1 Å². The third kappa shape index (κ3) is 3.75. The number of rotatable bonds is 5. The molecule has 0 spiro atoms. The van der Waals surface area contributed by atoms with E-state index in [-0.39, 0.29) is 0 Å².